The van der Waals surface area contributed by atoms with E-state index in [1.54, 1.807) is 7.11 Å². The van der Waals surface area contributed by atoms with E-state index in [2.05, 4.69) is 26.0 Å². The summed E-state index contributed by atoms with van der Waals surface area (Å²) >= 11 is 0. The molecule has 0 aromatic carbocycles. The molecule has 2 unspecified atom stereocenters. The minimum atomic E-state index is -0.216. The summed E-state index contributed by atoms with van der Waals surface area (Å²) in [6, 6.07) is 0. The van der Waals surface area contributed by atoms with Gasteiger partial charge in [-0.25, -0.2) is 0 Å². The van der Waals surface area contributed by atoms with Crippen LogP contribution in [0, 0.1) is 34.5 Å². The maximum atomic E-state index is 10.1. The van der Waals surface area contributed by atoms with Crippen molar-refractivity contribution in [3.05, 3.63) is 12.2 Å². The molecule has 4 aliphatic rings. The lowest BCUT2D eigenvalue weighted by atomic mass is 9.46. The largest absolute Gasteiger partial charge is 0.389 e. The monoisotopic (exact) mass is 334 g/mol. The summed E-state index contributed by atoms with van der Waals surface area (Å²) < 4.78 is 11.3. The van der Waals surface area contributed by atoms with Gasteiger partial charge in [-0.2, -0.15) is 0 Å². The average Bonchev–Trinajstić information content (AvgIpc) is 2.90. The molecule has 0 aromatic heterocycles. The molecule has 8 atom stereocenters. The number of aliphatic hydroxyl groups is 1. The van der Waals surface area contributed by atoms with Gasteiger partial charge in [0.05, 0.1) is 12.2 Å². The van der Waals surface area contributed by atoms with E-state index in [1.807, 2.05) is 0 Å². The molecule has 0 aromatic rings. The highest BCUT2D eigenvalue weighted by atomic mass is 16.7. The number of methoxy groups -OCH3 is 1. The minimum Gasteiger partial charge on any atom is -0.389 e. The van der Waals surface area contributed by atoms with Gasteiger partial charge in [0.2, 0.25) is 0 Å². The van der Waals surface area contributed by atoms with E-state index in [0.717, 1.165) is 24.2 Å². The Balaban J connectivity index is 1.57. The molecule has 3 heteroatoms. The summed E-state index contributed by atoms with van der Waals surface area (Å²) in [6.45, 7) is 5.39. The maximum absolute atomic E-state index is 10.1. The molecule has 0 aliphatic heterocycles. The Hall–Kier alpha value is -0.380. The molecule has 4 rings (SSSR count). The summed E-state index contributed by atoms with van der Waals surface area (Å²) in [7, 11) is 1.72. The van der Waals surface area contributed by atoms with Crippen molar-refractivity contribution in [3.8, 4) is 0 Å². The number of allylic oxidation sites excluding steroid dienone is 1. The van der Waals surface area contributed by atoms with Crippen LogP contribution < -0.4 is 0 Å². The molecule has 4 aliphatic carbocycles. The third-order valence-electron chi connectivity index (χ3n) is 8.47. The van der Waals surface area contributed by atoms with Gasteiger partial charge >= 0.3 is 0 Å². The van der Waals surface area contributed by atoms with Crippen molar-refractivity contribution >= 4 is 0 Å². The first-order valence-corrected chi connectivity index (χ1v) is 9.97. The second-order valence-corrected chi connectivity index (χ2v) is 9.36. The lowest BCUT2D eigenvalue weighted by molar-refractivity contribution is -0.144. The van der Waals surface area contributed by atoms with Crippen molar-refractivity contribution in [1.29, 1.82) is 0 Å². The number of ether oxygens (including phenoxy) is 2. The predicted molar refractivity (Wildman–Crippen MR) is 94.4 cm³/mol. The highest BCUT2D eigenvalue weighted by Gasteiger charge is 2.59. The predicted octanol–water partition coefficient (Wildman–Crippen LogP) is 4.16. The summed E-state index contributed by atoms with van der Waals surface area (Å²) in [5.74, 6) is 3.10. The SMILES string of the molecule is COCO[C@H]1CC[C@H]2[C@@H]3CCC4CC(O)C=C[C@]4(C)[C@H]3CC[C@]12C. The van der Waals surface area contributed by atoms with Gasteiger partial charge in [0.15, 0.2) is 0 Å². The number of rotatable bonds is 3. The molecule has 0 saturated heterocycles. The summed E-state index contributed by atoms with van der Waals surface area (Å²) in [4.78, 5) is 0. The molecule has 0 heterocycles. The molecule has 1 N–H and O–H groups in total. The lowest BCUT2D eigenvalue weighted by Crippen LogP contribution is -2.53. The van der Waals surface area contributed by atoms with Crippen LogP contribution in [-0.2, 0) is 9.47 Å². The number of hydrogen-bond donors (Lipinski definition) is 1. The van der Waals surface area contributed by atoms with Gasteiger partial charge in [-0.05, 0) is 79.4 Å². The molecule has 0 amide bonds. The van der Waals surface area contributed by atoms with Crippen LogP contribution >= 0.6 is 0 Å². The fraction of sp³-hybridized carbons (Fsp3) is 0.905. The van der Waals surface area contributed by atoms with Crippen molar-refractivity contribution in [2.24, 2.45) is 34.5 Å². The zero-order valence-electron chi connectivity index (χ0n) is 15.5. The summed E-state index contributed by atoms with van der Waals surface area (Å²) in [5, 5.41) is 10.1. The normalized spacial score (nSPS) is 53.3. The van der Waals surface area contributed by atoms with Crippen LogP contribution in [-0.4, -0.2) is 31.2 Å². The highest BCUT2D eigenvalue weighted by molar-refractivity contribution is 5.17. The Labute approximate surface area is 146 Å². The van der Waals surface area contributed by atoms with Gasteiger partial charge in [-0.15, -0.1) is 0 Å². The Morgan fingerprint density at radius 1 is 1.08 bits per heavy atom. The third kappa shape index (κ3) is 2.42. The van der Waals surface area contributed by atoms with Crippen molar-refractivity contribution < 1.29 is 14.6 Å². The van der Waals surface area contributed by atoms with Crippen LogP contribution in [0.4, 0.5) is 0 Å². The van der Waals surface area contributed by atoms with Crippen LogP contribution in [0.25, 0.3) is 0 Å². The molecule has 3 nitrogen and oxygen atoms in total. The van der Waals surface area contributed by atoms with E-state index in [-0.39, 0.29) is 6.10 Å². The van der Waals surface area contributed by atoms with Gasteiger partial charge in [-0.3, -0.25) is 0 Å². The Kier molecular flexibility index (Phi) is 4.34. The summed E-state index contributed by atoms with van der Waals surface area (Å²) in [6.07, 6.45) is 13.3. The van der Waals surface area contributed by atoms with Crippen LogP contribution in [0.3, 0.4) is 0 Å². The number of aliphatic hydroxyl groups excluding tert-OH is 1. The van der Waals surface area contributed by atoms with Gasteiger partial charge in [0.1, 0.15) is 6.79 Å². The van der Waals surface area contributed by atoms with Crippen LogP contribution in [0.15, 0.2) is 12.2 Å². The zero-order chi connectivity index (χ0) is 16.9. The van der Waals surface area contributed by atoms with Crippen molar-refractivity contribution in [3.63, 3.8) is 0 Å². The van der Waals surface area contributed by atoms with Crippen molar-refractivity contribution in [2.45, 2.75) is 71.0 Å². The number of hydrogen-bond acceptors (Lipinski definition) is 3. The topological polar surface area (TPSA) is 38.7 Å². The van der Waals surface area contributed by atoms with E-state index in [4.69, 9.17) is 9.47 Å². The van der Waals surface area contributed by atoms with Gasteiger partial charge < -0.3 is 14.6 Å². The first-order chi connectivity index (χ1) is 11.5. The Bertz CT molecular complexity index is 503. The van der Waals surface area contributed by atoms with Crippen molar-refractivity contribution in [1.82, 2.24) is 0 Å². The molecular formula is C21H34O3. The molecule has 3 fully saturated rings. The molecule has 0 spiro atoms. The molecular weight excluding hydrogens is 300 g/mol. The molecule has 3 saturated carbocycles. The Morgan fingerprint density at radius 2 is 1.92 bits per heavy atom. The quantitative estimate of drug-likeness (QED) is 0.622. The first-order valence-electron chi connectivity index (χ1n) is 9.97. The average molecular weight is 335 g/mol. The van der Waals surface area contributed by atoms with Gasteiger partial charge in [0.25, 0.3) is 0 Å². The van der Waals surface area contributed by atoms with Gasteiger partial charge in [0, 0.05) is 7.11 Å². The minimum absolute atomic E-state index is 0.216. The molecule has 0 bridgehead atoms. The Morgan fingerprint density at radius 3 is 2.71 bits per heavy atom. The van der Waals surface area contributed by atoms with E-state index < -0.39 is 0 Å². The molecule has 0 radical (unpaired) electrons. The van der Waals surface area contributed by atoms with Crippen LogP contribution in [0.2, 0.25) is 0 Å². The van der Waals surface area contributed by atoms with Gasteiger partial charge in [-0.1, -0.05) is 26.0 Å². The summed E-state index contributed by atoms with van der Waals surface area (Å²) in [5.41, 5.74) is 0.635. The standard InChI is InChI=1S/C21H34O3/c1-20-10-8-15(22)12-14(20)4-5-16-17-6-7-19(24-13-23-3)21(17,2)11-9-18(16)20/h8,10,14-19,22H,4-7,9,11-13H2,1-3H3/t14?,15?,16-,17-,18-,19-,20-,21-/m0/s1. The molecule has 24 heavy (non-hydrogen) atoms. The van der Waals surface area contributed by atoms with Crippen LogP contribution in [0.1, 0.15) is 58.8 Å². The highest BCUT2D eigenvalue weighted by Crippen LogP contribution is 2.65. The maximum Gasteiger partial charge on any atom is 0.146 e. The van der Waals surface area contributed by atoms with E-state index in [0.29, 0.717) is 29.6 Å². The first kappa shape index (κ1) is 17.1. The fourth-order valence-electron chi connectivity index (χ4n) is 7.17. The lowest BCUT2D eigenvalue weighted by Gasteiger charge is -2.59. The second-order valence-electron chi connectivity index (χ2n) is 9.36. The zero-order valence-corrected chi connectivity index (χ0v) is 15.5. The van der Waals surface area contributed by atoms with E-state index >= 15 is 0 Å². The smallest absolute Gasteiger partial charge is 0.146 e. The van der Waals surface area contributed by atoms with Crippen molar-refractivity contribution in [2.75, 3.05) is 13.9 Å². The second kappa shape index (κ2) is 6.10. The molecule has 136 valence electrons. The third-order valence-corrected chi connectivity index (χ3v) is 8.47. The van der Waals surface area contributed by atoms with E-state index in [9.17, 15) is 5.11 Å². The van der Waals surface area contributed by atoms with E-state index in [1.165, 1.54) is 38.5 Å². The fourth-order valence-corrected chi connectivity index (χ4v) is 7.17. The number of fused-ring (bicyclic) bond motifs is 5. The van der Waals surface area contributed by atoms with Crippen LogP contribution in [0.5, 0.6) is 0 Å².